The monoisotopic (exact) mass is 593 g/mol. The van der Waals surface area contributed by atoms with E-state index in [-0.39, 0.29) is 19.5 Å². The van der Waals surface area contributed by atoms with E-state index in [4.69, 9.17) is 23.7 Å². The van der Waals surface area contributed by atoms with E-state index in [2.05, 4.69) is 32.9 Å². The molecular formula is C35H47NO7. The molecule has 4 rings (SSSR count). The zero-order chi connectivity index (χ0) is 31.0. The number of methoxy groups -OCH3 is 2. The molecule has 2 aromatic rings. The highest BCUT2D eigenvalue weighted by molar-refractivity contribution is 6.00. The van der Waals surface area contributed by atoms with Crippen LogP contribution in [-0.4, -0.2) is 62.0 Å². The van der Waals surface area contributed by atoms with E-state index in [0.717, 1.165) is 41.7 Å². The summed E-state index contributed by atoms with van der Waals surface area (Å²) in [6.45, 7) is 9.50. The molecule has 2 atom stereocenters. The van der Waals surface area contributed by atoms with Gasteiger partial charge in [-0.15, -0.1) is 0 Å². The molecule has 2 aromatic carbocycles. The summed E-state index contributed by atoms with van der Waals surface area (Å²) in [7, 11) is 3.15. The second kappa shape index (κ2) is 14.9. The Morgan fingerprint density at radius 1 is 1.05 bits per heavy atom. The summed E-state index contributed by atoms with van der Waals surface area (Å²) in [5.74, 6) is 1.93. The lowest BCUT2D eigenvalue weighted by atomic mass is 9.89. The molecule has 2 aliphatic heterocycles. The Morgan fingerprint density at radius 3 is 2.47 bits per heavy atom. The van der Waals surface area contributed by atoms with Crippen molar-refractivity contribution in [3.8, 4) is 17.2 Å². The van der Waals surface area contributed by atoms with Crippen molar-refractivity contribution in [1.29, 1.82) is 0 Å². The van der Waals surface area contributed by atoms with Crippen LogP contribution in [-0.2, 0) is 28.9 Å². The maximum Gasteiger partial charge on any atom is 0.254 e. The summed E-state index contributed by atoms with van der Waals surface area (Å²) < 4.78 is 28.0. The molecule has 8 heteroatoms. The van der Waals surface area contributed by atoms with Crippen molar-refractivity contribution < 1.29 is 33.6 Å². The van der Waals surface area contributed by atoms with Crippen LogP contribution < -0.4 is 14.2 Å². The van der Waals surface area contributed by atoms with Gasteiger partial charge in [-0.25, -0.2) is 0 Å². The first kappa shape index (κ1) is 32.6. The van der Waals surface area contributed by atoms with Crippen molar-refractivity contribution in [3.05, 3.63) is 75.9 Å². The first-order valence-corrected chi connectivity index (χ1v) is 15.1. The summed E-state index contributed by atoms with van der Waals surface area (Å²) in [5, 5.41) is 11.5. The Morgan fingerprint density at radius 2 is 1.77 bits per heavy atom. The standard InChI is InChI=1S/C35H47NO7/c1-24(2)9-7-10-25(3)11-8-17-35(4,38)32-20-29-31(42-23-40-6)19-28-30(33(29)43-32)21-36(34(28)37)18-16-26-12-14-27(15-13-26)41-22-39-5/h9,11-15,19,32,38H,7-8,10,16-18,20-23H2,1-6H3/b25-11+. The summed E-state index contributed by atoms with van der Waals surface area (Å²) in [6.07, 6.45) is 8.62. The van der Waals surface area contributed by atoms with Crippen LogP contribution in [0, 0.1) is 0 Å². The largest absolute Gasteiger partial charge is 0.486 e. The highest BCUT2D eigenvalue weighted by Gasteiger charge is 2.43. The predicted octanol–water partition coefficient (Wildman–Crippen LogP) is 6.38. The molecule has 43 heavy (non-hydrogen) atoms. The Balaban J connectivity index is 1.44. The van der Waals surface area contributed by atoms with Gasteiger partial charge in [-0.2, -0.15) is 0 Å². The fourth-order valence-electron chi connectivity index (χ4n) is 5.59. The van der Waals surface area contributed by atoms with Crippen LogP contribution >= 0.6 is 0 Å². The van der Waals surface area contributed by atoms with E-state index in [9.17, 15) is 9.90 Å². The van der Waals surface area contributed by atoms with Crippen LogP contribution in [0.1, 0.15) is 80.4 Å². The van der Waals surface area contributed by atoms with Crippen molar-refractivity contribution in [1.82, 2.24) is 4.90 Å². The lowest BCUT2D eigenvalue weighted by Crippen LogP contribution is -2.42. The van der Waals surface area contributed by atoms with Gasteiger partial charge >= 0.3 is 0 Å². The van der Waals surface area contributed by atoms with Crippen molar-refractivity contribution in [2.24, 2.45) is 0 Å². The van der Waals surface area contributed by atoms with Gasteiger partial charge in [0.2, 0.25) is 0 Å². The molecular weight excluding hydrogens is 546 g/mol. The molecule has 0 saturated carbocycles. The smallest absolute Gasteiger partial charge is 0.254 e. The number of hydrogen-bond acceptors (Lipinski definition) is 7. The lowest BCUT2D eigenvalue weighted by Gasteiger charge is -2.29. The predicted molar refractivity (Wildman–Crippen MR) is 167 cm³/mol. The second-order valence-electron chi connectivity index (χ2n) is 12.0. The van der Waals surface area contributed by atoms with Crippen LogP contribution in [0.5, 0.6) is 17.2 Å². The molecule has 0 spiro atoms. The van der Waals surface area contributed by atoms with Gasteiger partial charge in [-0.05, 0) is 83.6 Å². The Labute approximate surface area is 256 Å². The van der Waals surface area contributed by atoms with E-state index >= 15 is 0 Å². The molecule has 234 valence electrons. The lowest BCUT2D eigenvalue weighted by molar-refractivity contribution is -0.0436. The first-order chi connectivity index (χ1) is 20.6. The molecule has 2 aliphatic rings. The fraction of sp³-hybridized carbons (Fsp3) is 0.514. The van der Waals surface area contributed by atoms with Gasteiger partial charge in [-0.3, -0.25) is 4.79 Å². The average molecular weight is 594 g/mol. The summed E-state index contributed by atoms with van der Waals surface area (Å²) >= 11 is 0. The van der Waals surface area contributed by atoms with E-state index in [1.54, 1.807) is 14.2 Å². The number of rotatable bonds is 16. The molecule has 1 N–H and O–H groups in total. The maximum absolute atomic E-state index is 13.5. The normalized spacial score (nSPS) is 17.3. The number of benzene rings is 2. The van der Waals surface area contributed by atoms with Crippen molar-refractivity contribution in [3.63, 3.8) is 0 Å². The topological polar surface area (TPSA) is 86.7 Å². The molecule has 0 fully saturated rings. The van der Waals surface area contributed by atoms with Crippen molar-refractivity contribution in [2.45, 2.75) is 84.5 Å². The number of carbonyl (C=O) groups is 1. The number of fused-ring (bicyclic) bond motifs is 3. The van der Waals surface area contributed by atoms with Gasteiger partial charge in [0, 0.05) is 38.3 Å². The zero-order valence-corrected chi connectivity index (χ0v) is 26.5. The van der Waals surface area contributed by atoms with Crippen LogP contribution in [0.15, 0.2) is 53.6 Å². The van der Waals surface area contributed by atoms with E-state index in [0.29, 0.717) is 49.4 Å². The van der Waals surface area contributed by atoms with Gasteiger partial charge in [0.1, 0.15) is 23.4 Å². The number of ether oxygens (including phenoxy) is 5. The molecule has 0 aromatic heterocycles. The third-order valence-electron chi connectivity index (χ3n) is 8.16. The average Bonchev–Trinajstić information content (AvgIpc) is 3.56. The zero-order valence-electron chi connectivity index (χ0n) is 26.5. The Hall–Kier alpha value is -3.33. The van der Waals surface area contributed by atoms with Crippen LogP contribution in [0.4, 0.5) is 0 Å². The molecule has 0 aliphatic carbocycles. The van der Waals surface area contributed by atoms with Crippen LogP contribution in [0.3, 0.4) is 0 Å². The highest BCUT2D eigenvalue weighted by Crippen LogP contribution is 2.46. The third kappa shape index (κ3) is 8.40. The Kier molecular flexibility index (Phi) is 11.3. The number of allylic oxidation sites excluding steroid dienone is 4. The number of amides is 1. The number of aliphatic hydroxyl groups is 1. The molecule has 2 unspecified atom stereocenters. The number of nitrogens with zero attached hydrogens (tertiary/aromatic N) is 1. The van der Waals surface area contributed by atoms with Gasteiger partial charge < -0.3 is 33.7 Å². The molecule has 2 heterocycles. The Bertz CT molecular complexity index is 1310. The van der Waals surface area contributed by atoms with E-state index in [1.165, 1.54) is 11.1 Å². The number of hydrogen-bond donors (Lipinski definition) is 1. The van der Waals surface area contributed by atoms with Crippen LogP contribution in [0.25, 0.3) is 0 Å². The molecule has 0 saturated heterocycles. The molecule has 1 amide bonds. The minimum Gasteiger partial charge on any atom is -0.486 e. The maximum atomic E-state index is 13.5. The molecule has 8 nitrogen and oxygen atoms in total. The first-order valence-electron chi connectivity index (χ1n) is 15.1. The van der Waals surface area contributed by atoms with Crippen molar-refractivity contribution in [2.75, 3.05) is 34.4 Å². The van der Waals surface area contributed by atoms with Gasteiger partial charge in [-0.1, -0.05) is 35.4 Å². The molecule has 0 radical (unpaired) electrons. The van der Waals surface area contributed by atoms with Crippen molar-refractivity contribution >= 4 is 5.91 Å². The SMILES string of the molecule is COCOc1ccc(CCN2Cc3c(cc(OCOC)c4c3OC(C(C)(O)CC/C=C(\C)CCC=C(C)C)C4)C2=O)cc1. The quantitative estimate of drug-likeness (QED) is 0.179. The van der Waals surface area contributed by atoms with E-state index < -0.39 is 11.7 Å². The van der Waals surface area contributed by atoms with Gasteiger partial charge in [0.25, 0.3) is 5.91 Å². The summed E-state index contributed by atoms with van der Waals surface area (Å²) in [4.78, 5) is 15.3. The molecule has 0 bridgehead atoms. The number of carbonyl (C=O) groups excluding carboxylic acids is 1. The minimum absolute atomic E-state index is 0.0485. The third-order valence-corrected chi connectivity index (χ3v) is 8.16. The highest BCUT2D eigenvalue weighted by atomic mass is 16.7. The summed E-state index contributed by atoms with van der Waals surface area (Å²) in [5.41, 5.74) is 5.05. The minimum atomic E-state index is -1.05. The summed E-state index contributed by atoms with van der Waals surface area (Å²) in [6, 6.07) is 9.63. The fourth-order valence-corrected chi connectivity index (χ4v) is 5.59. The van der Waals surface area contributed by atoms with E-state index in [1.807, 2.05) is 42.2 Å². The van der Waals surface area contributed by atoms with Crippen LogP contribution in [0.2, 0.25) is 0 Å². The second-order valence-corrected chi connectivity index (χ2v) is 12.0. The van der Waals surface area contributed by atoms with Gasteiger partial charge in [0.15, 0.2) is 13.6 Å². The van der Waals surface area contributed by atoms with Gasteiger partial charge in [0.05, 0.1) is 17.7 Å².